The van der Waals surface area contributed by atoms with Crippen molar-refractivity contribution in [3.63, 3.8) is 0 Å². The van der Waals surface area contributed by atoms with Crippen LogP contribution >= 0.6 is 15.9 Å². The van der Waals surface area contributed by atoms with Crippen LogP contribution in [0, 0.1) is 6.92 Å². The predicted octanol–water partition coefficient (Wildman–Crippen LogP) is 3.09. The van der Waals surface area contributed by atoms with E-state index in [0.717, 1.165) is 26.9 Å². The molecule has 1 N–H and O–H groups in total. The molecule has 5 heteroatoms. The van der Waals surface area contributed by atoms with Crippen LogP contribution < -0.4 is 0 Å². The van der Waals surface area contributed by atoms with Gasteiger partial charge in [-0.05, 0) is 30.7 Å². The van der Waals surface area contributed by atoms with Crippen molar-refractivity contribution in [2.24, 2.45) is 0 Å². The molecule has 0 fully saturated rings. The number of halogens is 1. The Morgan fingerprint density at radius 1 is 1.29 bits per heavy atom. The molecule has 2 heterocycles. The number of aromatic nitrogens is 4. The fourth-order valence-electron chi connectivity index (χ4n) is 1.78. The Kier molecular flexibility index (Phi) is 2.40. The van der Waals surface area contributed by atoms with Crippen molar-refractivity contribution < 1.29 is 0 Å². The topological polar surface area (TPSA) is 54.5 Å². The first-order valence-corrected chi connectivity index (χ1v) is 5.95. The summed E-state index contributed by atoms with van der Waals surface area (Å²) in [6.45, 7) is 2.05. The molecule has 0 unspecified atom stereocenters. The molecule has 0 aliphatic rings. The Labute approximate surface area is 106 Å². The second-order valence-corrected chi connectivity index (χ2v) is 4.72. The summed E-state index contributed by atoms with van der Waals surface area (Å²) in [4.78, 5) is 15.8. The molecule has 2 aromatic heterocycles. The van der Waals surface area contributed by atoms with E-state index in [2.05, 4.69) is 48.9 Å². The highest BCUT2D eigenvalue weighted by molar-refractivity contribution is 9.10. The predicted molar refractivity (Wildman–Crippen MR) is 69.6 cm³/mol. The van der Waals surface area contributed by atoms with Gasteiger partial charge in [-0.25, -0.2) is 15.0 Å². The van der Waals surface area contributed by atoms with Crippen LogP contribution in [-0.4, -0.2) is 19.9 Å². The van der Waals surface area contributed by atoms with Gasteiger partial charge in [-0.1, -0.05) is 15.9 Å². The van der Waals surface area contributed by atoms with Crippen LogP contribution in [0.15, 0.2) is 35.2 Å². The zero-order chi connectivity index (χ0) is 11.8. The average molecular weight is 289 g/mol. The number of aromatic amines is 1. The van der Waals surface area contributed by atoms with E-state index < -0.39 is 0 Å². The number of H-pyrrole nitrogens is 1. The van der Waals surface area contributed by atoms with E-state index in [1.807, 2.05) is 12.1 Å². The molecule has 4 nitrogen and oxygen atoms in total. The van der Waals surface area contributed by atoms with Crippen LogP contribution in [0.3, 0.4) is 0 Å². The molecule has 0 spiro atoms. The van der Waals surface area contributed by atoms with Crippen LogP contribution in [0.1, 0.15) is 5.56 Å². The number of nitrogens with one attached hydrogen (secondary N) is 1. The van der Waals surface area contributed by atoms with E-state index in [9.17, 15) is 0 Å². The minimum Gasteiger partial charge on any atom is -0.335 e. The highest BCUT2D eigenvalue weighted by Crippen LogP contribution is 2.25. The van der Waals surface area contributed by atoms with Gasteiger partial charge in [0, 0.05) is 10.0 Å². The summed E-state index contributed by atoms with van der Waals surface area (Å²) in [5.74, 6) is 0.825. The lowest BCUT2D eigenvalue weighted by Gasteiger charge is -2.02. The number of hydrogen-bond acceptors (Lipinski definition) is 3. The van der Waals surface area contributed by atoms with Gasteiger partial charge in [-0.3, -0.25) is 0 Å². The molecule has 17 heavy (non-hydrogen) atoms. The first-order chi connectivity index (χ1) is 8.24. The standard InChI is InChI=1S/C12H9BrN4/c1-7-4-8(13)2-3-9(7)11-16-10-5-14-6-15-12(10)17-11/h2-6H,1H3,(H,14,15,16,17). The number of fused-ring (bicyclic) bond motifs is 1. The van der Waals surface area contributed by atoms with E-state index in [0.29, 0.717) is 5.65 Å². The maximum atomic E-state index is 4.45. The van der Waals surface area contributed by atoms with Crippen LogP contribution in [0.25, 0.3) is 22.6 Å². The second-order valence-electron chi connectivity index (χ2n) is 3.80. The van der Waals surface area contributed by atoms with Crippen molar-refractivity contribution in [3.8, 4) is 11.4 Å². The Morgan fingerprint density at radius 2 is 2.18 bits per heavy atom. The van der Waals surface area contributed by atoms with Gasteiger partial charge in [0.2, 0.25) is 0 Å². The molecule has 0 saturated carbocycles. The third-order valence-electron chi connectivity index (χ3n) is 2.61. The minimum absolute atomic E-state index is 0.692. The number of aryl methyl sites for hydroxylation is 1. The molecular formula is C12H9BrN4. The van der Waals surface area contributed by atoms with Crippen LogP contribution in [0.5, 0.6) is 0 Å². The lowest BCUT2D eigenvalue weighted by atomic mass is 10.1. The van der Waals surface area contributed by atoms with Crippen LogP contribution in [0.2, 0.25) is 0 Å². The Morgan fingerprint density at radius 3 is 2.94 bits per heavy atom. The van der Waals surface area contributed by atoms with Gasteiger partial charge in [-0.2, -0.15) is 0 Å². The van der Waals surface area contributed by atoms with Crippen molar-refractivity contribution in [1.82, 2.24) is 19.9 Å². The molecule has 0 aliphatic heterocycles. The van der Waals surface area contributed by atoms with Crippen molar-refractivity contribution in [3.05, 3.63) is 40.8 Å². The summed E-state index contributed by atoms with van der Waals surface area (Å²) in [5, 5.41) is 0. The summed E-state index contributed by atoms with van der Waals surface area (Å²) >= 11 is 3.45. The minimum atomic E-state index is 0.692. The van der Waals surface area contributed by atoms with Crippen LogP contribution in [0.4, 0.5) is 0 Å². The number of imidazole rings is 1. The molecule has 1 aromatic carbocycles. The summed E-state index contributed by atoms with van der Waals surface area (Å²) in [5.41, 5.74) is 3.78. The molecular weight excluding hydrogens is 280 g/mol. The number of nitrogens with zero attached hydrogens (tertiary/aromatic N) is 3. The van der Waals surface area contributed by atoms with Gasteiger partial charge in [0.05, 0.1) is 6.20 Å². The third-order valence-corrected chi connectivity index (χ3v) is 3.10. The second kappa shape index (κ2) is 3.92. The van der Waals surface area contributed by atoms with Crippen molar-refractivity contribution in [2.45, 2.75) is 6.92 Å². The Hall–Kier alpha value is -1.75. The van der Waals surface area contributed by atoms with E-state index in [-0.39, 0.29) is 0 Å². The zero-order valence-electron chi connectivity index (χ0n) is 9.11. The first-order valence-electron chi connectivity index (χ1n) is 5.16. The van der Waals surface area contributed by atoms with Gasteiger partial charge in [0.1, 0.15) is 17.7 Å². The van der Waals surface area contributed by atoms with Gasteiger partial charge in [0.25, 0.3) is 0 Å². The quantitative estimate of drug-likeness (QED) is 0.749. The molecule has 0 aliphatic carbocycles. The monoisotopic (exact) mass is 288 g/mol. The van der Waals surface area contributed by atoms with Crippen molar-refractivity contribution in [2.75, 3.05) is 0 Å². The maximum Gasteiger partial charge on any atom is 0.181 e. The molecule has 3 aromatic rings. The van der Waals surface area contributed by atoms with Gasteiger partial charge >= 0.3 is 0 Å². The largest absolute Gasteiger partial charge is 0.335 e. The summed E-state index contributed by atoms with van der Waals surface area (Å²) in [7, 11) is 0. The fraction of sp³-hybridized carbons (Fsp3) is 0.0833. The normalized spacial score (nSPS) is 10.9. The summed E-state index contributed by atoms with van der Waals surface area (Å²) in [6, 6.07) is 6.10. The van der Waals surface area contributed by atoms with Gasteiger partial charge in [-0.15, -0.1) is 0 Å². The molecule has 3 rings (SSSR count). The highest BCUT2D eigenvalue weighted by Gasteiger charge is 2.08. The van der Waals surface area contributed by atoms with E-state index in [1.165, 1.54) is 6.33 Å². The smallest absolute Gasteiger partial charge is 0.181 e. The lowest BCUT2D eigenvalue weighted by molar-refractivity contribution is 1.20. The number of hydrogen-bond donors (Lipinski definition) is 1. The SMILES string of the molecule is Cc1cc(Br)ccc1-c1nc2ncncc2[nH]1. The van der Waals surface area contributed by atoms with E-state index >= 15 is 0 Å². The molecule has 84 valence electrons. The first kappa shape index (κ1) is 10.4. The van der Waals surface area contributed by atoms with Crippen molar-refractivity contribution in [1.29, 1.82) is 0 Å². The van der Waals surface area contributed by atoms with Crippen LogP contribution in [-0.2, 0) is 0 Å². The molecule has 0 atom stereocenters. The number of rotatable bonds is 1. The molecule has 0 saturated heterocycles. The summed E-state index contributed by atoms with van der Waals surface area (Å²) in [6.07, 6.45) is 3.23. The lowest BCUT2D eigenvalue weighted by Crippen LogP contribution is -1.85. The van der Waals surface area contributed by atoms with E-state index in [4.69, 9.17) is 0 Å². The van der Waals surface area contributed by atoms with E-state index in [1.54, 1.807) is 6.20 Å². The zero-order valence-corrected chi connectivity index (χ0v) is 10.7. The fourth-order valence-corrected chi connectivity index (χ4v) is 2.26. The Bertz CT molecular complexity index is 657. The Balaban J connectivity index is 2.20. The molecule has 0 amide bonds. The molecule has 0 bridgehead atoms. The summed E-state index contributed by atoms with van der Waals surface area (Å²) < 4.78 is 1.06. The van der Waals surface area contributed by atoms with Crippen molar-refractivity contribution >= 4 is 27.1 Å². The number of benzene rings is 1. The molecule has 0 radical (unpaired) electrons. The highest BCUT2D eigenvalue weighted by atomic mass is 79.9. The maximum absolute atomic E-state index is 4.45. The average Bonchev–Trinajstić information content (AvgIpc) is 2.72. The van der Waals surface area contributed by atoms with Gasteiger partial charge in [0.15, 0.2) is 5.65 Å². The van der Waals surface area contributed by atoms with Gasteiger partial charge < -0.3 is 4.98 Å². The third kappa shape index (κ3) is 1.82.